The van der Waals surface area contributed by atoms with Gasteiger partial charge in [-0.15, -0.1) is 5.11 Å². The molecule has 2 aromatic carbocycles. The van der Waals surface area contributed by atoms with Crippen LogP contribution in [0.4, 0.5) is 15.8 Å². The van der Waals surface area contributed by atoms with Gasteiger partial charge in [-0.25, -0.2) is 4.39 Å². The fourth-order valence-corrected chi connectivity index (χ4v) is 1.50. The third kappa shape index (κ3) is 2.97. The monoisotopic (exact) mass is 228 g/mol. The van der Waals surface area contributed by atoms with Crippen molar-refractivity contribution in [1.29, 1.82) is 0 Å². The van der Waals surface area contributed by atoms with Crippen LogP contribution >= 0.6 is 0 Å². The average molecular weight is 228 g/mol. The van der Waals surface area contributed by atoms with Gasteiger partial charge in [0.25, 0.3) is 0 Å². The van der Waals surface area contributed by atoms with Crippen molar-refractivity contribution in [2.45, 2.75) is 13.8 Å². The van der Waals surface area contributed by atoms with E-state index in [0.717, 1.165) is 16.8 Å². The van der Waals surface area contributed by atoms with Crippen molar-refractivity contribution in [3.05, 3.63) is 59.4 Å². The molecular formula is C14H13FN2. The van der Waals surface area contributed by atoms with E-state index in [4.69, 9.17) is 0 Å². The normalized spacial score (nSPS) is 11.0. The Labute approximate surface area is 99.8 Å². The van der Waals surface area contributed by atoms with Crippen molar-refractivity contribution >= 4 is 11.4 Å². The fourth-order valence-electron chi connectivity index (χ4n) is 1.50. The van der Waals surface area contributed by atoms with E-state index in [1.807, 2.05) is 38.1 Å². The predicted octanol–water partition coefficient (Wildman–Crippen LogP) is 4.86. The highest BCUT2D eigenvalue weighted by molar-refractivity contribution is 5.43. The lowest BCUT2D eigenvalue weighted by molar-refractivity contribution is 0.628. The largest absolute Gasteiger partial charge is 0.205 e. The van der Waals surface area contributed by atoms with Gasteiger partial charge in [0.2, 0.25) is 0 Å². The van der Waals surface area contributed by atoms with Crippen molar-refractivity contribution in [1.82, 2.24) is 0 Å². The summed E-state index contributed by atoms with van der Waals surface area (Å²) in [4.78, 5) is 0. The molecule has 0 atom stereocenters. The standard InChI is InChI=1S/C14H13FN2/c1-10-4-3-5-12(8-10)16-17-14-9-11(2)6-7-13(14)15/h3-9H,1-2H3/b17-16+. The van der Waals surface area contributed by atoms with E-state index in [2.05, 4.69) is 10.2 Å². The van der Waals surface area contributed by atoms with Crippen LogP contribution in [0.1, 0.15) is 11.1 Å². The number of aryl methyl sites for hydroxylation is 2. The van der Waals surface area contributed by atoms with Crippen LogP contribution in [0.5, 0.6) is 0 Å². The Kier molecular flexibility index (Phi) is 3.28. The molecule has 0 bridgehead atoms. The molecular weight excluding hydrogens is 215 g/mol. The molecule has 0 saturated carbocycles. The Balaban J connectivity index is 2.29. The van der Waals surface area contributed by atoms with E-state index in [-0.39, 0.29) is 11.5 Å². The molecule has 0 aliphatic rings. The van der Waals surface area contributed by atoms with Gasteiger partial charge in [-0.05, 0) is 49.2 Å². The summed E-state index contributed by atoms with van der Waals surface area (Å²) >= 11 is 0. The fraction of sp³-hybridized carbons (Fsp3) is 0.143. The first kappa shape index (κ1) is 11.5. The zero-order valence-corrected chi connectivity index (χ0v) is 9.81. The molecule has 0 aromatic heterocycles. The number of halogens is 1. The van der Waals surface area contributed by atoms with Gasteiger partial charge in [0.1, 0.15) is 5.69 Å². The minimum atomic E-state index is -0.355. The van der Waals surface area contributed by atoms with Crippen LogP contribution in [0.25, 0.3) is 0 Å². The lowest BCUT2D eigenvalue weighted by atomic mass is 10.2. The quantitative estimate of drug-likeness (QED) is 0.656. The highest BCUT2D eigenvalue weighted by atomic mass is 19.1. The van der Waals surface area contributed by atoms with E-state index in [1.165, 1.54) is 6.07 Å². The minimum absolute atomic E-state index is 0.270. The van der Waals surface area contributed by atoms with Gasteiger partial charge in [0.05, 0.1) is 5.69 Å². The van der Waals surface area contributed by atoms with Crippen LogP contribution in [0.3, 0.4) is 0 Å². The second-order valence-corrected chi connectivity index (χ2v) is 3.99. The van der Waals surface area contributed by atoms with Gasteiger partial charge in [-0.1, -0.05) is 18.2 Å². The zero-order chi connectivity index (χ0) is 12.3. The van der Waals surface area contributed by atoms with Crippen molar-refractivity contribution in [3.63, 3.8) is 0 Å². The van der Waals surface area contributed by atoms with Gasteiger partial charge in [0.15, 0.2) is 5.82 Å². The Morgan fingerprint density at radius 2 is 1.65 bits per heavy atom. The second-order valence-electron chi connectivity index (χ2n) is 3.99. The SMILES string of the molecule is Cc1cccc(/N=N/c2cc(C)ccc2F)c1. The topological polar surface area (TPSA) is 24.7 Å². The van der Waals surface area contributed by atoms with E-state index >= 15 is 0 Å². The first-order chi connectivity index (χ1) is 8.15. The van der Waals surface area contributed by atoms with Crippen LogP contribution < -0.4 is 0 Å². The average Bonchev–Trinajstić information content (AvgIpc) is 2.30. The summed E-state index contributed by atoms with van der Waals surface area (Å²) in [7, 11) is 0. The van der Waals surface area contributed by atoms with Crippen LogP contribution in [-0.4, -0.2) is 0 Å². The number of azo groups is 1. The highest BCUT2D eigenvalue weighted by Crippen LogP contribution is 2.22. The maximum Gasteiger partial charge on any atom is 0.150 e. The molecule has 17 heavy (non-hydrogen) atoms. The molecule has 0 heterocycles. The van der Waals surface area contributed by atoms with Crippen molar-refractivity contribution in [2.24, 2.45) is 10.2 Å². The molecule has 0 saturated heterocycles. The summed E-state index contributed by atoms with van der Waals surface area (Å²) in [6, 6.07) is 12.4. The summed E-state index contributed by atoms with van der Waals surface area (Å²) in [6.07, 6.45) is 0. The first-order valence-corrected chi connectivity index (χ1v) is 5.40. The van der Waals surface area contributed by atoms with Crippen molar-refractivity contribution in [2.75, 3.05) is 0 Å². The molecule has 2 rings (SSSR count). The van der Waals surface area contributed by atoms with Crippen molar-refractivity contribution < 1.29 is 4.39 Å². The minimum Gasteiger partial charge on any atom is -0.205 e. The molecule has 0 amide bonds. The smallest absolute Gasteiger partial charge is 0.150 e. The molecule has 0 aliphatic carbocycles. The van der Waals surface area contributed by atoms with Crippen molar-refractivity contribution in [3.8, 4) is 0 Å². The Hall–Kier alpha value is -2.03. The summed E-state index contributed by atoms with van der Waals surface area (Å²) in [5.41, 5.74) is 3.06. The Morgan fingerprint density at radius 3 is 2.41 bits per heavy atom. The van der Waals surface area contributed by atoms with E-state index in [0.29, 0.717) is 0 Å². The second kappa shape index (κ2) is 4.87. The molecule has 86 valence electrons. The molecule has 0 aliphatic heterocycles. The zero-order valence-electron chi connectivity index (χ0n) is 9.81. The number of benzene rings is 2. The Morgan fingerprint density at radius 1 is 0.882 bits per heavy atom. The van der Waals surface area contributed by atoms with E-state index in [9.17, 15) is 4.39 Å². The Bertz CT molecular complexity index is 562. The molecule has 3 heteroatoms. The third-order valence-corrected chi connectivity index (χ3v) is 2.38. The van der Waals surface area contributed by atoms with Gasteiger partial charge in [-0.3, -0.25) is 0 Å². The summed E-state index contributed by atoms with van der Waals surface area (Å²) < 4.78 is 13.4. The van der Waals surface area contributed by atoms with Gasteiger partial charge < -0.3 is 0 Å². The van der Waals surface area contributed by atoms with Gasteiger partial charge in [0, 0.05) is 0 Å². The number of nitrogens with zero attached hydrogens (tertiary/aromatic N) is 2. The lowest BCUT2D eigenvalue weighted by Crippen LogP contribution is -1.77. The van der Waals surface area contributed by atoms with Crippen LogP contribution in [0.15, 0.2) is 52.7 Å². The predicted molar refractivity (Wildman–Crippen MR) is 66.5 cm³/mol. The molecule has 2 aromatic rings. The molecule has 2 nitrogen and oxygen atoms in total. The molecule has 0 fully saturated rings. The number of rotatable bonds is 2. The highest BCUT2D eigenvalue weighted by Gasteiger charge is 2.00. The maximum atomic E-state index is 13.4. The van der Waals surface area contributed by atoms with Crippen LogP contribution in [0, 0.1) is 19.7 Å². The maximum absolute atomic E-state index is 13.4. The first-order valence-electron chi connectivity index (χ1n) is 5.40. The van der Waals surface area contributed by atoms with E-state index in [1.54, 1.807) is 12.1 Å². The van der Waals surface area contributed by atoms with E-state index < -0.39 is 0 Å². The lowest BCUT2D eigenvalue weighted by Gasteiger charge is -1.98. The number of hydrogen-bond acceptors (Lipinski definition) is 2. The number of hydrogen-bond donors (Lipinski definition) is 0. The third-order valence-electron chi connectivity index (χ3n) is 2.38. The summed E-state index contributed by atoms with van der Waals surface area (Å²) in [5.74, 6) is -0.355. The molecule has 0 unspecified atom stereocenters. The van der Waals surface area contributed by atoms with Gasteiger partial charge in [-0.2, -0.15) is 5.11 Å². The molecule has 0 radical (unpaired) electrons. The molecule has 0 spiro atoms. The van der Waals surface area contributed by atoms with Crippen LogP contribution in [0.2, 0.25) is 0 Å². The van der Waals surface area contributed by atoms with Gasteiger partial charge >= 0.3 is 0 Å². The molecule has 0 N–H and O–H groups in total. The summed E-state index contributed by atoms with van der Waals surface area (Å²) in [6.45, 7) is 3.87. The summed E-state index contributed by atoms with van der Waals surface area (Å²) in [5, 5.41) is 7.95. The van der Waals surface area contributed by atoms with Crippen LogP contribution in [-0.2, 0) is 0 Å².